The number of rotatable bonds is 4. The number of benzene rings is 1. The quantitative estimate of drug-likeness (QED) is 0.525. The molecule has 1 aromatic carbocycles. The van der Waals surface area contributed by atoms with E-state index in [4.69, 9.17) is 4.74 Å². The van der Waals surface area contributed by atoms with Crippen LogP contribution in [0.2, 0.25) is 0 Å². The van der Waals surface area contributed by atoms with Gasteiger partial charge in [0.15, 0.2) is 11.6 Å². The molecule has 0 unspecified atom stereocenters. The fourth-order valence-electron chi connectivity index (χ4n) is 4.63. The Kier molecular flexibility index (Phi) is 6.13. The topological polar surface area (TPSA) is 9.23 Å². The Bertz CT molecular complexity index is 582. The molecule has 0 spiro atoms. The van der Waals surface area contributed by atoms with Gasteiger partial charge in [-0.1, -0.05) is 25.8 Å². The summed E-state index contributed by atoms with van der Waals surface area (Å²) < 4.78 is 57.8. The van der Waals surface area contributed by atoms with Crippen LogP contribution < -0.4 is 4.74 Å². The largest absolute Gasteiger partial charge is 0.490 e. The molecule has 0 atom stereocenters. The molecule has 2 saturated carbocycles. The van der Waals surface area contributed by atoms with Crippen LogP contribution in [0.25, 0.3) is 0 Å². The maximum absolute atomic E-state index is 14.0. The van der Waals surface area contributed by atoms with Crippen molar-refractivity contribution in [3.8, 4) is 5.75 Å². The van der Waals surface area contributed by atoms with E-state index in [1.807, 2.05) is 0 Å². The van der Waals surface area contributed by atoms with Crippen LogP contribution in [0.3, 0.4) is 0 Å². The van der Waals surface area contributed by atoms with E-state index in [0.29, 0.717) is 12.5 Å². The molecule has 0 aromatic heterocycles. The smallest absolute Gasteiger partial charge is 0.419 e. The van der Waals surface area contributed by atoms with E-state index in [1.165, 1.54) is 37.8 Å². The zero-order valence-electron chi connectivity index (χ0n) is 15.3. The third-order valence-corrected chi connectivity index (χ3v) is 6.36. The predicted octanol–water partition coefficient (Wildman–Crippen LogP) is 6.86. The van der Waals surface area contributed by atoms with E-state index in [0.717, 1.165) is 49.5 Å². The first-order chi connectivity index (χ1) is 12.3. The summed E-state index contributed by atoms with van der Waals surface area (Å²) in [6, 6.07) is 3.22. The van der Waals surface area contributed by atoms with E-state index in [2.05, 4.69) is 6.92 Å². The van der Waals surface area contributed by atoms with Gasteiger partial charge in [0.2, 0.25) is 0 Å². The first-order valence-corrected chi connectivity index (χ1v) is 9.83. The van der Waals surface area contributed by atoms with Crippen molar-refractivity contribution in [3.63, 3.8) is 0 Å². The average molecular weight is 372 g/mol. The van der Waals surface area contributed by atoms with Gasteiger partial charge in [-0.2, -0.15) is 13.2 Å². The summed E-state index contributed by atoms with van der Waals surface area (Å²) in [5.74, 6) is 1.20. The Morgan fingerprint density at radius 1 is 0.923 bits per heavy atom. The van der Waals surface area contributed by atoms with Crippen LogP contribution in [-0.2, 0) is 6.18 Å². The molecule has 146 valence electrons. The van der Waals surface area contributed by atoms with Crippen molar-refractivity contribution in [3.05, 3.63) is 29.6 Å². The molecule has 0 amide bonds. The zero-order valence-corrected chi connectivity index (χ0v) is 15.3. The van der Waals surface area contributed by atoms with Gasteiger partial charge in [-0.15, -0.1) is 0 Å². The minimum absolute atomic E-state index is 0.289. The molecule has 0 N–H and O–H groups in total. The highest BCUT2D eigenvalue weighted by Gasteiger charge is 2.35. The Balaban J connectivity index is 1.48. The molecular formula is C21H28F4O. The highest BCUT2D eigenvalue weighted by atomic mass is 19.4. The molecule has 2 fully saturated rings. The highest BCUT2D eigenvalue weighted by molar-refractivity contribution is 5.32. The molecule has 0 bridgehead atoms. The van der Waals surface area contributed by atoms with Gasteiger partial charge in [-0.05, 0) is 74.3 Å². The predicted molar refractivity (Wildman–Crippen MR) is 93.5 cm³/mol. The summed E-state index contributed by atoms with van der Waals surface area (Å²) in [6.45, 7) is 2.63. The summed E-state index contributed by atoms with van der Waals surface area (Å²) >= 11 is 0. The molecule has 0 heterocycles. The third-order valence-electron chi connectivity index (χ3n) is 6.36. The lowest BCUT2D eigenvalue weighted by Gasteiger charge is -2.37. The van der Waals surface area contributed by atoms with Crippen LogP contribution >= 0.6 is 0 Å². The molecule has 2 aliphatic carbocycles. The summed E-state index contributed by atoms with van der Waals surface area (Å²) in [5.41, 5.74) is -1.26. The SMILES string of the molecule is CC1CCC(C2CCC(COc3cccc(C(F)(F)F)c3F)CC2)CC1. The van der Waals surface area contributed by atoms with Crippen molar-refractivity contribution < 1.29 is 22.3 Å². The van der Waals surface area contributed by atoms with Gasteiger partial charge in [-0.25, -0.2) is 4.39 Å². The Morgan fingerprint density at radius 2 is 1.50 bits per heavy atom. The average Bonchev–Trinajstić information content (AvgIpc) is 2.61. The molecule has 3 rings (SSSR count). The van der Waals surface area contributed by atoms with Crippen molar-refractivity contribution >= 4 is 0 Å². The Hall–Kier alpha value is -1.26. The molecule has 0 radical (unpaired) electrons. The van der Waals surface area contributed by atoms with Gasteiger partial charge in [0, 0.05) is 0 Å². The van der Waals surface area contributed by atoms with Crippen molar-refractivity contribution in [1.29, 1.82) is 0 Å². The number of halogens is 4. The summed E-state index contributed by atoms with van der Waals surface area (Å²) in [4.78, 5) is 0. The van der Waals surface area contributed by atoms with Crippen molar-refractivity contribution in [2.45, 2.75) is 64.5 Å². The van der Waals surface area contributed by atoms with E-state index in [1.54, 1.807) is 0 Å². The fraction of sp³-hybridized carbons (Fsp3) is 0.714. The van der Waals surface area contributed by atoms with Crippen LogP contribution in [0.5, 0.6) is 5.75 Å². The van der Waals surface area contributed by atoms with Crippen LogP contribution in [0.1, 0.15) is 63.9 Å². The number of ether oxygens (including phenoxy) is 1. The maximum Gasteiger partial charge on any atom is 0.419 e. The monoisotopic (exact) mass is 372 g/mol. The minimum atomic E-state index is -4.70. The lowest BCUT2D eigenvalue weighted by Crippen LogP contribution is -2.27. The van der Waals surface area contributed by atoms with Crippen LogP contribution in [0.15, 0.2) is 18.2 Å². The van der Waals surface area contributed by atoms with E-state index in [9.17, 15) is 17.6 Å². The maximum atomic E-state index is 14.0. The number of alkyl halides is 3. The van der Waals surface area contributed by atoms with E-state index in [-0.39, 0.29) is 5.75 Å². The Morgan fingerprint density at radius 3 is 2.08 bits per heavy atom. The van der Waals surface area contributed by atoms with Crippen molar-refractivity contribution in [1.82, 2.24) is 0 Å². The lowest BCUT2D eigenvalue weighted by molar-refractivity contribution is -0.140. The minimum Gasteiger partial charge on any atom is -0.490 e. The van der Waals surface area contributed by atoms with Gasteiger partial charge < -0.3 is 4.74 Å². The molecule has 26 heavy (non-hydrogen) atoms. The van der Waals surface area contributed by atoms with Crippen molar-refractivity contribution in [2.75, 3.05) is 6.61 Å². The van der Waals surface area contributed by atoms with Gasteiger partial charge in [0.05, 0.1) is 12.2 Å². The summed E-state index contributed by atoms with van der Waals surface area (Å²) in [5, 5.41) is 0. The molecular weight excluding hydrogens is 344 g/mol. The van der Waals surface area contributed by atoms with Crippen LogP contribution in [-0.4, -0.2) is 6.61 Å². The van der Waals surface area contributed by atoms with Gasteiger partial charge in [-0.3, -0.25) is 0 Å². The normalized spacial score (nSPS) is 30.2. The van der Waals surface area contributed by atoms with E-state index >= 15 is 0 Å². The number of hydrogen-bond acceptors (Lipinski definition) is 1. The molecule has 1 aromatic rings. The summed E-state index contributed by atoms with van der Waals surface area (Å²) in [6.07, 6.45) is 5.03. The molecule has 2 aliphatic rings. The van der Waals surface area contributed by atoms with Crippen molar-refractivity contribution in [2.24, 2.45) is 23.7 Å². The molecule has 0 saturated heterocycles. The van der Waals surface area contributed by atoms with Crippen LogP contribution in [0, 0.1) is 29.5 Å². The molecule has 1 nitrogen and oxygen atoms in total. The molecule has 0 aliphatic heterocycles. The zero-order chi connectivity index (χ0) is 18.7. The second kappa shape index (κ2) is 8.18. The lowest BCUT2D eigenvalue weighted by atomic mass is 9.69. The first-order valence-electron chi connectivity index (χ1n) is 9.83. The fourth-order valence-corrected chi connectivity index (χ4v) is 4.63. The first kappa shape index (κ1) is 19.5. The second-order valence-electron chi connectivity index (χ2n) is 8.23. The van der Waals surface area contributed by atoms with Gasteiger partial charge in [0.25, 0.3) is 0 Å². The van der Waals surface area contributed by atoms with E-state index < -0.39 is 17.6 Å². The van der Waals surface area contributed by atoms with Gasteiger partial charge in [0.1, 0.15) is 0 Å². The number of hydrogen-bond donors (Lipinski definition) is 0. The van der Waals surface area contributed by atoms with Gasteiger partial charge >= 0.3 is 6.18 Å². The molecule has 5 heteroatoms. The second-order valence-corrected chi connectivity index (χ2v) is 8.23. The Labute approximate surface area is 153 Å². The third kappa shape index (κ3) is 4.72. The standard InChI is InChI=1S/C21H28F4O/c1-14-5-9-16(10-6-14)17-11-7-15(8-12-17)13-26-19-4-2-3-18(20(19)22)21(23,24)25/h2-4,14-17H,5-13H2,1H3. The van der Waals surface area contributed by atoms with Crippen LogP contribution in [0.4, 0.5) is 17.6 Å². The summed E-state index contributed by atoms with van der Waals surface area (Å²) in [7, 11) is 0. The highest BCUT2D eigenvalue weighted by Crippen LogP contribution is 2.41.